The highest BCUT2D eigenvalue weighted by atomic mass is 79.9. The fraction of sp³-hybridized carbons (Fsp3) is 0.190. The van der Waals surface area contributed by atoms with Gasteiger partial charge in [0.2, 0.25) is 0 Å². The fourth-order valence-electron chi connectivity index (χ4n) is 2.97. The molecule has 0 aliphatic carbocycles. The van der Waals surface area contributed by atoms with Gasteiger partial charge in [0, 0.05) is 21.4 Å². The summed E-state index contributed by atoms with van der Waals surface area (Å²) in [5.74, 6) is 0.447. The smallest absolute Gasteiger partial charge is 0.339 e. The Bertz CT molecular complexity index is 946. The van der Waals surface area contributed by atoms with E-state index in [0.717, 1.165) is 32.9 Å². The van der Waals surface area contributed by atoms with Crippen molar-refractivity contribution < 1.29 is 14.3 Å². The van der Waals surface area contributed by atoms with E-state index in [2.05, 4.69) is 20.5 Å². The van der Waals surface area contributed by atoms with Gasteiger partial charge in [-0.05, 0) is 50.2 Å². The SMILES string of the molecule is CCOC(=O)c1cc(-c2cccc(OC)c2)n(-c2cccc(Br)c2)c1C. The van der Waals surface area contributed by atoms with Crippen LogP contribution in [-0.4, -0.2) is 24.3 Å². The van der Waals surface area contributed by atoms with Gasteiger partial charge in [0.1, 0.15) is 5.75 Å². The molecule has 134 valence electrons. The molecule has 1 heterocycles. The molecule has 0 N–H and O–H groups in total. The molecule has 3 aromatic rings. The van der Waals surface area contributed by atoms with Crippen LogP contribution >= 0.6 is 15.9 Å². The number of esters is 1. The van der Waals surface area contributed by atoms with Crippen LogP contribution in [0.2, 0.25) is 0 Å². The maximum Gasteiger partial charge on any atom is 0.339 e. The van der Waals surface area contributed by atoms with Crippen LogP contribution in [0.1, 0.15) is 23.0 Å². The minimum absolute atomic E-state index is 0.317. The molecule has 3 rings (SSSR count). The molecule has 0 radical (unpaired) electrons. The summed E-state index contributed by atoms with van der Waals surface area (Å²) in [6.45, 7) is 4.08. The number of aromatic nitrogens is 1. The van der Waals surface area contributed by atoms with Crippen molar-refractivity contribution in [1.29, 1.82) is 0 Å². The van der Waals surface area contributed by atoms with Crippen molar-refractivity contribution in [3.63, 3.8) is 0 Å². The van der Waals surface area contributed by atoms with Gasteiger partial charge in [0.15, 0.2) is 0 Å². The third kappa shape index (κ3) is 3.53. The van der Waals surface area contributed by atoms with Crippen molar-refractivity contribution in [3.05, 3.63) is 70.3 Å². The van der Waals surface area contributed by atoms with Crippen LogP contribution in [0, 0.1) is 6.92 Å². The maximum atomic E-state index is 12.4. The van der Waals surface area contributed by atoms with E-state index < -0.39 is 0 Å². The minimum atomic E-state index is -0.317. The first-order chi connectivity index (χ1) is 12.5. The molecule has 0 aliphatic rings. The van der Waals surface area contributed by atoms with Gasteiger partial charge in [-0.2, -0.15) is 0 Å². The first-order valence-electron chi connectivity index (χ1n) is 8.35. The molecule has 0 fully saturated rings. The molecule has 0 unspecified atom stereocenters. The summed E-state index contributed by atoms with van der Waals surface area (Å²) < 4.78 is 13.6. The van der Waals surface area contributed by atoms with Crippen LogP contribution in [0.3, 0.4) is 0 Å². The van der Waals surface area contributed by atoms with E-state index in [0.29, 0.717) is 12.2 Å². The maximum absolute atomic E-state index is 12.4. The molecule has 4 nitrogen and oxygen atoms in total. The van der Waals surface area contributed by atoms with Gasteiger partial charge >= 0.3 is 5.97 Å². The summed E-state index contributed by atoms with van der Waals surface area (Å²) in [6, 6.07) is 17.6. The normalized spacial score (nSPS) is 10.6. The minimum Gasteiger partial charge on any atom is -0.497 e. The quantitative estimate of drug-likeness (QED) is 0.525. The van der Waals surface area contributed by atoms with Crippen molar-refractivity contribution in [2.45, 2.75) is 13.8 Å². The second kappa shape index (κ2) is 7.79. The molecule has 1 aromatic heterocycles. The second-order valence-corrected chi connectivity index (χ2v) is 6.71. The number of hydrogen-bond donors (Lipinski definition) is 0. The van der Waals surface area contributed by atoms with Crippen molar-refractivity contribution in [2.75, 3.05) is 13.7 Å². The van der Waals surface area contributed by atoms with Crippen molar-refractivity contribution in [1.82, 2.24) is 4.57 Å². The molecule has 0 bridgehead atoms. The highest BCUT2D eigenvalue weighted by Crippen LogP contribution is 2.32. The Morgan fingerprint density at radius 3 is 2.58 bits per heavy atom. The van der Waals surface area contributed by atoms with Gasteiger partial charge in [-0.3, -0.25) is 0 Å². The summed E-state index contributed by atoms with van der Waals surface area (Å²) in [5.41, 5.74) is 4.22. The molecule has 26 heavy (non-hydrogen) atoms. The van der Waals surface area contributed by atoms with E-state index in [9.17, 15) is 4.79 Å². The predicted octanol–water partition coefficient (Wildman–Crippen LogP) is 5.40. The van der Waals surface area contributed by atoms with Crippen LogP contribution < -0.4 is 4.74 Å². The monoisotopic (exact) mass is 413 g/mol. The Morgan fingerprint density at radius 1 is 1.12 bits per heavy atom. The second-order valence-electron chi connectivity index (χ2n) is 5.80. The number of carbonyl (C=O) groups is 1. The highest BCUT2D eigenvalue weighted by molar-refractivity contribution is 9.10. The molecule has 2 aromatic carbocycles. The zero-order valence-corrected chi connectivity index (χ0v) is 16.5. The Balaban J connectivity index is 2.24. The predicted molar refractivity (Wildman–Crippen MR) is 106 cm³/mol. The average molecular weight is 414 g/mol. The van der Waals surface area contributed by atoms with Crippen LogP contribution in [-0.2, 0) is 4.74 Å². The summed E-state index contributed by atoms with van der Waals surface area (Å²) >= 11 is 3.52. The molecule has 0 aliphatic heterocycles. The van der Waals surface area contributed by atoms with Gasteiger partial charge < -0.3 is 14.0 Å². The van der Waals surface area contributed by atoms with Crippen molar-refractivity contribution in [3.8, 4) is 22.7 Å². The zero-order chi connectivity index (χ0) is 18.7. The Morgan fingerprint density at radius 2 is 1.88 bits per heavy atom. The first kappa shape index (κ1) is 18.3. The van der Waals surface area contributed by atoms with Crippen LogP contribution in [0.25, 0.3) is 16.9 Å². The fourth-order valence-corrected chi connectivity index (χ4v) is 3.35. The Hall–Kier alpha value is -2.53. The Kier molecular flexibility index (Phi) is 5.47. The van der Waals surface area contributed by atoms with E-state index in [-0.39, 0.29) is 5.97 Å². The molecule has 0 atom stereocenters. The number of hydrogen-bond acceptors (Lipinski definition) is 3. The van der Waals surface area contributed by atoms with Crippen LogP contribution in [0.15, 0.2) is 59.1 Å². The summed E-state index contributed by atoms with van der Waals surface area (Å²) in [5, 5.41) is 0. The molecule has 0 saturated carbocycles. The number of carbonyl (C=O) groups excluding carboxylic acids is 1. The summed E-state index contributed by atoms with van der Waals surface area (Å²) in [7, 11) is 1.64. The number of nitrogens with zero attached hydrogens (tertiary/aromatic N) is 1. The zero-order valence-electron chi connectivity index (χ0n) is 15.0. The van der Waals surface area contributed by atoms with Crippen LogP contribution in [0.4, 0.5) is 0 Å². The third-order valence-electron chi connectivity index (χ3n) is 4.17. The third-order valence-corrected chi connectivity index (χ3v) is 4.67. The number of rotatable bonds is 5. The van der Waals surface area contributed by atoms with E-state index in [1.807, 2.05) is 68.4 Å². The Labute approximate surface area is 161 Å². The molecule has 5 heteroatoms. The van der Waals surface area contributed by atoms with E-state index in [1.54, 1.807) is 7.11 Å². The molecule has 0 saturated heterocycles. The number of methoxy groups -OCH3 is 1. The van der Waals surface area contributed by atoms with Gasteiger partial charge in [-0.1, -0.05) is 34.1 Å². The lowest BCUT2D eigenvalue weighted by molar-refractivity contribution is 0.0525. The van der Waals surface area contributed by atoms with Crippen molar-refractivity contribution in [2.24, 2.45) is 0 Å². The standard InChI is InChI=1S/C21H20BrNO3/c1-4-26-21(24)19-13-20(15-7-5-10-18(11-15)25-3)23(14(19)2)17-9-6-8-16(22)12-17/h5-13H,4H2,1-3H3. The lowest BCUT2D eigenvalue weighted by Gasteiger charge is -2.13. The van der Waals surface area contributed by atoms with Gasteiger partial charge in [-0.15, -0.1) is 0 Å². The average Bonchev–Trinajstić information content (AvgIpc) is 2.99. The van der Waals surface area contributed by atoms with E-state index >= 15 is 0 Å². The number of halogens is 1. The molecular weight excluding hydrogens is 394 g/mol. The van der Waals surface area contributed by atoms with Gasteiger partial charge in [-0.25, -0.2) is 4.79 Å². The van der Waals surface area contributed by atoms with E-state index in [4.69, 9.17) is 9.47 Å². The topological polar surface area (TPSA) is 40.5 Å². The number of ether oxygens (including phenoxy) is 2. The molecular formula is C21H20BrNO3. The van der Waals surface area contributed by atoms with Crippen molar-refractivity contribution >= 4 is 21.9 Å². The lowest BCUT2D eigenvalue weighted by atomic mass is 10.1. The molecule has 0 amide bonds. The van der Waals surface area contributed by atoms with Gasteiger partial charge in [0.25, 0.3) is 0 Å². The summed E-state index contributed by atoms with van der Waals surface area (Å²) in [6.07, 6.45) is 0. The largest absolute Gasteiger partial charge is 0.497 e. The molecule has 0 spiro atoms. The number of benzene rings is 2. The first-order valence-corrected chi connectivity index (χ1v) is 9.14. The highest BCUT2D eigenvalue weighted by Gasteiger charge is 2.20. The lowest BCUT2D eigenvalue weighted by Crippen LogP contribution is -2.06. The van der Waals surface area contributed by atoms with Crippen LogP contribution in [0.5, 0.6) is 5.75 Å². The summed E-state index contributed by atoms with van der Waals surface area (Å²) in [4.78, 5) is 12.4. The van der Waals surface area contributed by atoms with Gasteiger partial charge in [0.05, 0.1) is 25.0 Å². The van der Waals surface area contributed by atoms with E-state index in [1.165, 1.54) is 0 Å².